The van der Waals surface area contributed by atoms with Crippen LogP contribution in [0.15, 0.2) is 24.3 Å². The van der Waals surface area contributed by atoms with Gasteiger partial charge in [0, 0.05) is 37.8 Å². The van der Waals surface area contributed by atoms with Crippen LogP contribution in [0.1, 0.15) is 18.4 Å². The largest absolute Gasteiger partial charge is 0.434 e. The molecule has 1 unspecified atom stereocenters. The highest BCUT2D eigenvalue weighted by Gasteiger charge is 2.32. The number of hydrogen-bond acceptors (Lipinski definition) is 4. The predicted octanol–water partition coefficient (Wildman–Crippen LogP) is 2.24. The van der Waals surface area contributed by atoms with Crippen LogP contribution in [-0.4, -0.2) is 49.9 Å². The maximum atomic E-state index is 12.4. The van der Waals surface area contributed by atoms with Crippen molar-refractivity contribution in [1.82, 2.24) is 10.2 Å². The summed E-state index contributed by atoms with van der Waals surface area (Å²) < 4.78 is 35.0. The van der Waals surface area contributed by atoms with E-state index >= 15 is 0 Å². The third-order valence-corrected chi connectivity index (χ3v) is 4.11. The summed E-state index contributed by atoms with van der Waals surface area (Å²) in [5.74, 6) is 0.231. The van der Waals surface area contributed by atoms with Gasteiger partial charge in [0.1, 0.15) is 5.75 Å². The van der Waals surface area contributed by atoms with E-state index in [4.69, 9.17) is 4.74 Å². The molecule has 1 saturated heterocycles. The Balaban J connectivity index is 1.46. The summed E-state index contributed by atoms with van der Waals surface area (Å²) in [5.41, 5.74) is 0.734. The number of halogens is 2. The standard InChI is InChI=1S/C16H22F2N2O2/c17-16(18)22-15-4-2-1-3-12(15)9-19-10-14-11-20(7-8-21-14)13-5-6-13/h1-4,13-14,16,19H,5-11H2. The highest BCUT2D eigenvalue weighted by molar-refractivity contribution is 5.33. The Hall–Kier alpha value is -1.24. The third kappa shape index (κ3) is 4.38. The molecule has 3 rings (SSSR count). The Morgan fingerprint density at radius 1 is 1.32 bits per heavy atom. The number of ether oxygens (including phenoxy) is 2. The molecule has 1 heterocycles. The van der Waals surface area contributed by atoms with E-state index in [1.807, 2.05) is 6.07 Å². The maximum Gasteiger partial charge on any atom is 0.387 e. The Morgan fingerprint density at radius 3 is 2.91 bits per heavy atom. The van der Waals surface area contributed by atoms with Gasteiger partial charge in [0.15, 0.2) is 0 Å². The molecule has 1 aliphatic heterocycles. The first-order valence-corrected chi connectivity index (χ1v) is 7.81. The van der Waals surface area contributed by atoms with Crippen molar-refractivity contribution in [2.45, 2.75) is 38.1 Å². The van der Waals surface area contributed by atoms with E-state index in [0.29, 0.717) is 13.1 Å². The van der Waals surface area contributed by atoms with Crippen LogP contribution in [0.3, 0.4) is 0 Å². The van der Waals surface area contributed by atoms with Crippen LogP contribution in [0.4, 0.5) is 8.78 Å². The van der Waals surface area contributed by atoms with Crippen LogP contribution >= 0.6 is 0 Å². The first kappa shape index (κ1) is 15.6. The summed E-state index contributed by atoms with van der Waals surface area (Å²) in [7, 11) is 0. The van der Waals surface area contributed by atoms with Gasteiger partial charge >= 0.3 is 6.61 Å². The van der Waals surface area contributed by atoms with Crippen molar-refractivity contribution >= 4 is 0 Å². The molecule has 1 aromatic carbocycles. The minimum absolute atomic E-state index is 0.164. The molecular formula is C16H22F2N2O2. The van der Waals surface area contributed by atoms with Crippen LogP contribution in [0.5, 0.6) is 5.75 Å². The molecule has 0 spiro atoms. The van der Waals surface area contributed by atoms with Crippen molar-refractivity contribution in [2.24, 2.45) is 0 Å². The summed E-state index contributed by atoms with van der Waals surface area (Å²) in [6.45, 7) is 1.15. The highest BCUT2D eigenvalue weighted by Crippen LogP contribution is 2.28. The number of benzene rings is 1. The molecule has 0 aromatic heterocycles. The monoisotopic (exact) mass is 312 g/mol. The van der Waals surface area contributed by atoms with Crippen molar-refractivity contribution in [3.63, 3.8) is 0 Å². The zero-order valence-corrected chi connectivity index (χ0v) is 12.5. The van der Waals surface area contributed by atoms with E-state index in [-0.39, 0.29) is 11.9 Å². The summed E-state index contributed by atoms with van der Waals surface area (Å²) in [4.78, 5) is 2.49. The molecular weight excluding hydrogens is 290 g/mol. The Labute approximate surface area is 129 Å². The lowest BCUT2D eigenvalue weighted by Gasteiger charge is -2.33. The molecule has 0 amide bonds. The lowest BCUT2D eigenvalue weighted by Crippen LogP contribution is -2.47. The van der Waals surface area contributed by atoms with Crippen LogP contribution in [0, 0.1) is 0 Å². The molecule has 22 heavy (non-hydrogen) atoms. The second kappa shape index (κ2) is 7.35. The lowest BCUT2D eigenvalue weighted by molar-refractivity contribution is -0.0506. The van der Waals surface area contributed by atoms with E-state index in [0.717, 1.165) is 31.3 Å². The van der Waals surface area contributed by atoms with E-state index in [9.17, 15) is 8.78 Å². The molecule has 1 saturated carbocycles. The number of alkyl halides is 2. The van der Waals surface area contributed by atoms with Gasteiger partial charge in [-0.25, -0.2) is 0 Å². The van der Waals surface area contributed by atoms with Gasteiger partial charge in [0.25, 0.3) is 0 Å². The Morgan fingerprint density at radius 2 is 2.14 bits per heavy atom. The SMILES string of the molecule is FC(F)Oc1ccccc1CNCC1CN(C2CC2)CCO1. The number of para-hydroxylation sites is 1. The zero-order chi connectivity index (χ0) is 15.4. The van der Waals surface area contributed by atoms with E-state index in [1.54, 1.807) is 18.2 Å². The Bertz CT molecular complexity index is 483. The minimum Gasteiger partial charge on any atom is -0.434 e. The molecule has 1 aliphatic carbocycles. The van der Waals surface area contributed by atoms with Gasteiger partial charge in [-0.2, -0.15) is 8.78 Å². The van der Waals surface area contributed by atoms with E-state index in [2.05, 4.69) is 15.0 Å². The zero-order valence-electron chi connectivity index (χ0n) is 12.5. The number of nitrogens with zero attached hydrogens (tertiary/aromatic N) is 1. The quantitative estimate of drug-likeness (QED) is 0.837. The second-order valence-corrected chi connectivity index (χ2v) is 5.84. The second-order valence-electron chi connectivity index (χ2n) is 5.84. The van der Waals surface area contributed by atoms with E-state index in [1.165, 1.54) is 12.8 Å². The Kier molecular flexibility index (Phi) is 5.23. The molecule has 4 nitrogen and oxygen atoms in total. The van der Waals surface area contributed by atoms with Gasteiger partial charge < -0.3 is 14.8 Å². The number of morpholine rings is 1. The first-order valence-electron chi connectivity index (χ1n) is 7.81. The van der Waals surface area contributed by atoms with E-state index < -0.39 is 6.61 Å². The summed E-state index contributed by atoms with van der Waals surface area (Å²) >= 11 is 0. The summed E-state index contributed by atoms with van der Waals surface area (Å²) in [6.07, 6.45) is 2.77. The topological polar surface area (TPSA) is 33.7 Å². The predicted molar refractivity (Wildman–Crippen MR) is 79.1 cm³/mol. The molecule has 2 aliphatic rings. The van der Waals surface area contributed by atoms with Gasteiger partial charge in [-0.1, -0.05) is 18.2 Å². The maximum absolute atomic E-state index is 12.4. The van der Waals surface area contributed by atoms with Crippen LogP contribution in [0.25, 0.3) is 0 Å². The average molecular weight is 312 g/mol. The number of hydrogen-bond donors (Lipinski definition) is 1. The molecule has 0 radical (unpaired) electrons. The molecule has 1 atom stereocenters. The fourth-order valence-electron chi connectivity index (χ4n) is 2.87. The molecule has 122 valence electrons. The molecule has 1 aromatic rings. The van der Waals surface area contributed by atoms with Gasteiger partial charge in [-0.15, -0.1) is 0 Å². The van der Waals surface area contributed by atoms with Gasteiger partial charge in [0.05, 0.1) is 12.7 Å². The van der Waals surface area contributed by atoms with Gasteiger partial charge in [-0.3, -0.25) is 4.90 Å². The fourth-order valence-corrected chi connectivity index (χ4v) is 2.87. The van der Waals surface area contributed by atoms with Crippen molar-refractivity contribution < 1.29 is 18.3 Å². The minimum atomic E-state index is -2.80. The van der Waals surface area contributed by atoms with Crippen molar-refractivity contribution in [2.75, 3.05) is 26.2 Å². The molecule has 0 bridgehead atoms. The van der Waals surface area contributed by atoms with Crippen molar-refractivity contribution in [3.05, 3.63) is 29.8 Å². The molecule has 1 N–H and O–H groups in total. The normalized spacial score (nSPS) is 23.0. The number of nitrogens with one attached hydrogen (secondary N) is 1. The summed E-state index contributed by atoms with van der Waals surface area (Å²) in [5, 5.41) is 3.29. The third-order valence-electron chi connectivity index (χ3n) is 4.11. The fraction of sp³-hybridized carbons (Fsp3) is 0.625. The van der Waals surface area contributed by atoms with Crippen molar-refractivity contribution in [3.8, 4) is 5.75 Å². The molecule has 6 heteroatoms. The summed E-state index contributed by atoms with van der Waals surface area (Å²) in [6, 6.07) is 7.63. The lowest BCUT2D eigenvalue weighted by atomic mass is 10.2. The van der Waals surface area contributed by atoms with Gasteiger partial charge in [-0.05, 0) is 18.9 Å². The molecule has 2 fully saturated rings. The smallest absolute Gasteiger partial charge is 0.387 e. The average Bonchev–Trinajstić information content (AvgIpc) is 3.34. The van der Waals surface area contributed by atoms with Gasteiger partial charge in [0.2, 0.25) is 0 Å². The van der Waals surface area contributed by atoms with Crippen LogP contribution in [-0.2, 0) is 11.3 Å². The van der Waals surface area contributed by atoms with Crippen molar-refractivity contribution in [1.29, 1.82) is 0 Å². The highest BCUT2D eigenvalue weighted by atomic mass is 19.3. The van der Waals surface area contributed by atoms with Crippen LogP contribution in [0.2, 0.25) is 0 Å². The first-order chi connectivity index (χ1) is 10.7. The van der Waals surface area contributed by atoms with Crippen LogP contribution < -0.4 is 10.1 Å². The number of rotatable bonds is 7.